The van der Waals surface area contributed by atoms with Crippen LogP contribution in [0.4, 0.5) is 0 Å². The maximum absolute atomic E-state index is 11.9. The third kappa shape index (κ3) is 1.40. The van der Waals surface area contributed by atoms with E-state index in [1.165, 1.54) is 4.40 Å². The predicted octanol–water partition coefficient (Wildman–Crippen LogP) is 1.73. The number of hydrogen-bond donors (Lipinski definition) is 0. The Kier molecular flexibility index (Phi) is 2.26. The van der Waals surface area contributed by atoms with E-state index in [0.717, 1.165) is 0 Å². The molecule has 74 valence electrons. The Morgan fingerprint density at radius 1 is 1.47 bits per heavy atom. The van der Waals surface area contributed by atoms with Crippen LogP contribution in [0.3, 0.4) is 0 Å². The van der Waals surface area contributed by atoms with Gasteiger partial charge in [-0.25, -0.2) is 0 Å². The monoisotopic (exact) mass is 198 g/mol. The van der Waals surface area contributed by atoms with E-state index in [1.807, 2.05) is 13.0 Å². The van der Waals surface area contributed by atoms with Gasteiger partial charge in [-0.2, -0.15) is 5.26 Å². The number of aromatic nitrogens is 1. The van der Waals surface area contributed by atoms with Crippen LogP contribution in [-0.4, -0.2) is 4.40 Å². The molecule has 2 aromatic rings. The molecule has 0 unspecified atom stereocenters. The smallest absolute Gasteiger partial charge is 0.258 e. The van der Waals surface area contributed by atoms with Gasteiger partial charge >= 0.3 is 0 Å². The summed E-state index contributed by atoms with van der Waals surface area (Å²) in [6, 6.07) is 9.17. The lowest BCUT2D eigenvalue weighted by Gasteiger charge is -2.04. The van der Waals surface area contributed by atoms with E-state index in [0.29, 0.717) is 23.1 Å². The number of pyridine rings is 2. The first kappa shape index (κ1) is 9.47. The van der Waals surface area contributed by atoms with Gasteiger partial charge in [-0.3, -0.25) is 9.20 Å². The molecule has 0 amide bonds. The normalized spacial score (nSPS) is 10.1. The fourth-order valence-corrected chi connectivity index (χ4v) is 1.65. The summed E-state index contributed by atoms with van der Waals surface area (Å²) in [5.74, 6) is 0. The zero-order valence-electron chi connectivity index (χ0n) is 8.40. The highest BCUT2D eigenvalue weighted by Crippen LogP contribution is 2.09. The van der Waals surface area contributed by atoms with Crippen LogP contribution in [0.1, 0.15) is 18.1 Å². The molecule has 0 saturated heterocycles. The Labute approximate surface area is 87.2 Å². The Hall–Kier alpha value is -2.08. The highest BCUT2D eigenvalue weighted by Gasteiger charge is 2.06. The van der Waals surface area contributed by atoms with Gasteiger partial charge in [-0.15, -0.1) is 0 Å². The average molecular weight is 198 g/mol. The van der Waals surface area contributed by atoms with Gasteiger partial charge in [0.2, 0.25) is 0 Å². The molecule has 0 radical (unpaired) electrons. The van der Waals surface area contributed by atoms with Crippen molar-refractivity contribution in [1.29, 1.82) is 5.26 Å². The maximum Gasteiger partial charge on any atom is 0.258 e. The molecule has 2 aromatic heterocycles. The topological polar surface area (TPSA) is 45.3 Å². The Bertz CT molecular complexity index is 605. The number of aryl methyl sites for hydroxylation is 1. The summed E-state index contributed by atoms with van der Waals surface area (Å²) in [7, 11) is 0. The van der Waals surface area contributed by atoms with Crippen molar-refractivity contribution in [2.75, 3.05) is 0 Å². The quantitative estimate of drug-likeness (QED) is 0.700. The van der Waals surface area contributed by atoms with Crippen LogP contribution in [0.25, 0.3) is 5.52 Å². The summed E-state index contributed by atoms with van der Waals surface area (Å²) < 4.78 is 1.53. The molecule has 2 heterocycles. The van der Waals surface area contributed by atoms with Crippen LogP contribution >= 0.6 is 0 Å². The second kappa shape index (κ2) is 3.58. The van der Waals surface area contributed by atoms with E-state index in [9.17, 15) is 4.79 Å². The van der Waals surface area contributed by atoms with Crippen molar-refractivity contribution in [3.05, 3.63) is 51.9 Å². The molecule has 15 heavy (non-hydrogen) atoms. The van der Waals surface area contributed by atoms with Crippen LogP contribution in [0.2, 0.25) is 0 Å². The summed E-state index contributed by atoms with van der Waals surface area (Å²) in [6.45, 7) is 1.91. The first-order chi connectivity index (χ1) is 7.27. The van der Waals surface area contributed by atoms with Gasteiger partial charge in [-0.1, -0.05) is 13.0 Å². The molecular formula is C12H10N2O. The van der Waals surface area contributed by atoms with Crippen molar-refractivity contribution in [3.8, 4) is 6.07 Å². The van der Waals surface area contributed by atoms with Gasteiger partial charge in [-0.05, 0) is 24.6 Å². The van der Waals surface area contributed by atoms with E-state index in [4.69, 9.17) is 5.26 Å². The molecular weight excluding hydrogens is 188 g/mol. The molecule has 0 aromatic carbocycles. The first-order valence-corrected chi connectivity index (χ1v) is 4.81. The molecule has 0 spiro atoms. The average Bonchev–Trinajstić information content (AvgIpc) is 2.30. The third-order valence-electron chi connectivity index (χ3n) is 2.45. The van der Waals surface area contributed by atoms with Crippen molar-refractivity contribution in [2.45, 2.75) is 13.3 Å². The second-order valence-electron chi connectivity index (χ2n) is 3.31. The molecule has 0 fully saturated rings. The molecule has 0 saturated carbocycles. The third-order valence-corrected chi connectivity index (χ3v) is 2.45. The number of fused-ring (bicyclic) bond motifs is 1. The molecule has 0 N–H and O–H groups in total. The zero-order chi connectivity index (χ0) is 10.8. The number of rotatable bonds is 1. The van der Waals surface area contributed by atoms with Gasteiger partial charge < -0.3 is 0 Å². The Morgan fingerprint density at radius 2 is 2.27 bits per heavy atom. The highest BCUT2D eigenvalue weighted by atomic mass is 16.1. The number of nitriles is 1. The Balaban J connectivity index is 2.98. The molecule has 3 heteroatoms. The van der Waals surface area contributed by atoms with E-state index < -0.39 is 0 Å². The van der Waals surface area contributed by atoms with Crippen LogP contribution in [-0.2, 0) is 6.42 Å². The lowest BCUT2D eigenvalue weighted by molar-refractivity contribution is 1.00. The van der Waals surface area contributed by atoms with E-state index >= 15 is 0 Å². The minimum atomic E-state index is -0.0351. The lowest BCUT2D eigenvalue weighted by Crippen LogP contribution is -2.18. The minimum absolute atomic E-state index is 0.0351. The van der Waals surface area contributed by atoms with Crippen molar-refractivity contribution in [2.24, 2.45) is 0 Å². The summed E-state index contributed by atoms with van der Waals surface area (Å²) in [6.07, 6.45) is 2.34. The number of nitrogens with zero attached hydrogens (tertiary/aromatic N) is 2. The molecule has 2 rings (SSSR count). The van der Waals surface area contributed by atoms with Gasteiger partial charge in [0.15, 0.2) is 0 Å². The summed E-state index contributed by atoms with van der Waals surface area (Å²) in [5.41, 5.74) is 1.86. The van der Waals surface area contributed by atoms with E-state index in [1.54, 1.807) is 24.4 Å². The second-order valence-corrected chi connectivity index (χ2v) is 3.31. The summed E-state index contributed by atoms with van der Waals surface area (Å²) in [5, 5.41) is 8.98. The summed E-state index contributed by atoms with van der Waals surface area (Å²) >= 11 is 0. The van der Waals surface area contributed by atoms with Crippen molar-refractivity contribution < 1.29 is 0 Å². The molecule has 0 aliphatic heterocycles. The van der Waals surface area contributed by atoms with Crippen molar-refractivity contribution in [3.63, 3.8) is 0 Å². The summed E-state index contributed by atoms with van der Waals surface area (Å²) in [4.78, 5) is 11.9. The SMILES string of the molecule is CCc1cc(C#N)c2ccccn2c1=O. The Morgan fingerprint density at radius 3 is 2.93 bits per heavy atom. The highest BCUT2D eigenvalue weighted by molar-refractivity contribution is 5.61. The van der Waals surface area contributed by atoms with E-state index in [-0.39, 0.29) is 5.56 Å². The fraction of sp³-hybridized carbons (Fsp3) is 0.167. The van der Waals surface area contributed by atoms with Gasteiger partial charge in [0.05, 0.1) is 11.1 Å². The van der Waals surface area contributed by atoms with Crippen LogP contribution in [0, 0.1) is 11.3 Å². The van der Waals surface area contributed by atoms with Crippen LogP contribution in [0.5, 0.6) is 0 Å². The van der Waals surface area contributed by atoms with Gasteiger partial charge in [0, 0.05) is 11.8 Å². The van der Waals surface area contributed by atoms with Gasteiger partial charge in [0.1, 0.15) is 6.07 Å². The minimum Gasteiger partial charge on any atom is -0.283 e. The standard InChI is InChI=1S/C12H10N2O/c1-2-9-7-10(8-13)11-5-3-4-6-14(11)12(9)15/h3-7H,2H2,1H3. The van der Waals surface area contributed by atoms with Gasteiger partial charge in [0.25, 0.3) is 5.56 Å². The van der Waals surface area contributed by atoms with Crippen molar-refractivity contribution in [1.82, 2.24) is 4.40 Å². The maximum atomic E-state index is 11.9. The zero-order valence-corrected chi connectivity index (χ0v) is 8.40. The molecule has 0 aliphatic rings. The molecule has 0 aliphatic carbocycles. The molecule has 0 atom stereocenters. The van der Waals surface area contributed by atoms with E-state index in [2.05, 4.69) is 6.07 Å². The van der Waals surface area contributed by atoms with Crippen molar-refractivity contribution >= 4 is 5.52 Å². The fourth-order valence-electron chi connectivity index (χ4n) is 1.65. The predicted molar refractivity (Wildman–Crippen MR) is 57.8 cm³/mol. The molecule has 0 bridgehead atoms. The van der Waals surface area contributed by atoms with Crippen LogP contribution in [0.15, 0.2) is 35.3 Å². The first-order valence-electron chi connectivity index (χ1n) is 4.81. The number of hydrogen-bond acceptors (Lipinski definition) is 2. The lowest BCUT2D eigenvalue weighted by atomic mass is 10.1. The molecule has 3 nitrogen and oxygen atoms in total. The largest absolute Gasteiger partial charge is 0.283 e. The van der Waals surface area contributed by atoms with Crippen LogP contribution < -0.4 is 5.56 Å².